The van der Waals surface area contributed by atoms with E-state index in [0.29, 0.717) is 0 Å². The van der Waals surface area contributed by atoms with E-state index in [4.69, 9.17) is 4.98 Å². The SMILES string of the molecule is CN(C)Cc1cncc(-c2ccc3[nH]nc(-c4cc5c(-c6ccncc6)cccc5[nH]4)c3n2)c1. The molecule has 1 aromatic carbocycles. The summed E-state index contributed by atoms with van der Waals surface area (Å²) in [6.07, 6.45) is 7.39. The molecule has 2 N–H and O–H groups in total. The third-order valence-corrected chi connectivity index (χ3v) is 5.91. The van der Waals surface area contributed by atoms with Crippen LogP contribution in [0.25, 0.3) is 55.7 Å². The van der Waals surface area contributed by atoms with Gasteiger partial charge in [0.05, 0.1) is 16.9 Å². The third kappa shape index (κ3) is 3.62. The van der Waals surface area contributed by atoms with Gasteiger partial charge in [-0.05, 0) is 73.3 Å². The smallest absolute Gasteiger partial charge is 0.135 e. The zero-order valence-electron chi connectivity index (χ0n) is 18.9. The number of aromatic nitrogens is 6. The Bertz CT molecular complexity index is 1610. The Hall–Kier alpha value is -4.36. The van der Waals surface area contributed by atoms with Crippen molar-refractivity contribution < 1.29 is 0 Å². The predicted molar refractivity (Wildman–Crippen MR) is 135 cm³/mol. The molecule has 166 valence electrons. The van der Waals surface area contributed by atoms with Crippen molar-refractivity contribution in [1.82, 2.24) is 35.0 Å². The number of H-pyrrole nitrogens is 2. The van der Waals surface area contributed by atoms with Crippen LogP contribution >= 0.6 is 0 Å². The van der Waals surface area contributed by atoms with Crippen molar-refractivity contribution in [1.29, 1.82) is 0 Å². The summed E-state index contributed by atoms with van der Waals surface area (Å²) in [4.78, 5) is 19.2. The highest BCUT2D eigenvalue weighted by molar-refractivity contribution is 6.00. The van der Waals surface area contributed by atoms with Crippen molar-refractivity contribution >= 4 is 21.9 Å². The average Bonchev–Trinajstić information content (AvgIpc) is 3.48. The van der Waals surface area contributed by atoms with Gasteiger partial charge < -0.3 is 9.88 Å². The minimum absolute atomic E-state index is 0.797. The van der Waals surface area contributed by atoms with E-state index >= 15 is 0 Å². The van der Waals surface area contributed by atoms with Crippen molar-refractivity contribution in [2.75, 3.05) is 14.1 Å². The standard InChI is InChI=1S/C27H23N7/c1-34(2)16-17-12-19(15-29-14-17)22-6-7-24-26(31-22)27(33-32-24)25-13-21-20(4-3-5-23(21)30-25)18-8-10-28-11-9-18/h3-15,30H,16H2,1-2H3,(H,32,33). The largest absolute Gasteiger partial charge is 0.353 e. The summed E-state index contributed by atoms with van der Waals surface area (Å²) >= 11 is 0. The second-order valence-corrected chi connectivity index (χ2v) is 8.67. The van der Waals surface area contributed by atoms with Gasteiger partial charge in [-0.25, -0.2) is 4.98 Å². The Morgan fingerprint density at radius 2 is 1.74 bits per heavy atom. The van der Waals surface area contributed by atoms with Gasteiger partial charge >= 0.3 is 0 Å². The van der Waals surface area contributed by atoms with Gasteiger partial charge in [-0.1, -0.05) is 12.1 Å². The summed E-state index contributed by atoms with van der Waals surface area (Å²) in [5, 5.41) is 8.87. The number of hydrogen-bond donors (Lipinski definition) is 2. The van der Waals surface area contributed by atoms with Crippen molar-refractivity contribution in [3.63, 3.8) is 0 Å². The lowest BCUT2D eigenvalue weighted by atomic mass is 10.0. The van der Waals surface area contributed by atoms with Crippen LogP contribution in [0.3, 0.4) is 0 Å². The van der Waals surface area contributed by atoms with Crippen LogP contribution in [0.5, 0.6) is 0 Å². The molecule has 0 aliphatic heterocycles. The minimum atomic E-state index is 0.797. The highest BCUT2D eigenvalue weighted by Crippen LogP contribution is 2.34. The maximum atomic E-state index is 4.98. The van der Waals surface area contributed by atoms with Crippen LogP contribution in [0.15, 0.2) is 79.4 Å². The van der Waals surface area contributed by atoms with Gasteiger partial charge in [0, 0.05) is 47.8 Å². The molecule has 0 amide bonds. The van der Waals surface area contributed by atoms with Crippen LogP contribution in [0.4, 0.5) is 0 Å². The van der Waals surface area contributed by atoms with Crippen LogP contribution in [0.2, 0.25) is 0 Å². The highest BCUT2D eigenvalue weighted by Gasteiger charge is 2.15. The van der Waals surface area contributed by atoms with E-state index in [9.17, 15) is 0 Å². The summed E-state index contributed by atoms with van der Waals surface area (Å²) in [6, 6.07) is 18.6. The van der Waals surface area contributed by atoms with Crippen molar-refractivity contribution in [3.05, 3.63) is 84.9 Å². The number of nitrogens with one attached hydrogen (secondary N) is 2. The average molecular weight is 446 g/mol. The third-order valence-electron chi connectivity index (χ3n) is 5.91. The van der Waals surface area contributed by atoms with E-state index in [-0.39, 0.29) is 0 Å². The fourth-order valence-electron chi connectivity index (χ4n) is 4.39. The van der Waals surface area contributed by atoms with Crippen LogP contribution in [0, 0.1) is 0 Å². The van der Waals surface area contributed by atoms with Gasteiger partial charge in [0.2, 0.25) is 0 Å². The maximum Gasteiger partial charge on any atom is 0.135 e. The Labute approximate surface area is 196 Å². The first-order valence-electron chi connectivity index (χ1n) is 11.1. The van der Waals surface area contributed by atoms with E-state index in [1.165, 1.54) is 0 Å². The van der Waals surface area contributed by atoms with Gasteiger partial charge in [-0.2, -0.15) is 5.10 Å². The zero-order chi connectivity index (χ0) is 23.1. The molecule has 0 bridgehead atoms. The van der Waals surface area contributed by atoms with E-state index in [1.54, 1.807) is 0 Å². The molecule has 0 radical (unpaired) electrons. The molecule has 7 nitrogen and oxygen atoms in total. The molecule has 5 aromatic heterocycles. The van der Waals surface area contributed by atoms with E-state index in [0.717, 1.165) is 67.8 Å². The summed E-state index contributed by atoms with van der Waals surface area (Å²) < 4.78 is 0. The molecule has 6 aromatic rings. The molecule has 0 aliphatic carbocycles. The summed E-state index contributed by atoms with van der Waals surface area (Å²) in [6.45, 7) is 0.828. The van der Waals surface area contributed by atoms with Crippen molar-refractivity contribution in [2.45, 2.75) is 6.54 Å². The van der Waals surface area contributed by atoms with Crippen molar-refractivity contribution in [3.8, 4) is 33.8 Å². The minimum Gasteiger partial charge on any atom is -0.353 e. The van der Waals surface area contributed by atoms with Crippen LogP contribution < -0.4 is 0 Å². The lowest BCUT2D eigenvalue weighted by Crippen LogP contribution is -2.10. The summed E-state index contributed by atoms with van der Waals surface area (Å²) in [5.41, 5.74) is 9.79. The number of rotatable bonds is 5. The van der Waals surface area contributed by atoms with Crippen LogP contribution in [-0.4, -0.2) is 49.1 Å². The molecule has 0 spiro atoms. The molecule has 0 atom stereocenters. The molecular weight excluding hydrogens is 422 g/mol. The second kappa shape index (κ2) is 8.20. The normalized spacial score (nSPS) is 11.6. The van der Waals surface area contributed by atoms with Gasteiger partial charge in [-0.3, -0.25) is 15.1 Å². The lowest BCUT2D eigenvalue weighted by molar-refractivity contribution is 0.402. The predicted octanol–water partition coefficient (Wildman–Crippen LogP) is 5.29. The first kappa shape index (κ1) is 20.3. The molecule has 5 heterocycles. The Balaban J connectivity index is 1.45. The molecular formula is C27H23N7. The first-order valence-corrected chi connectivity index (χ1v) is 11.1. The fraction of sp³-hybridized carbons (Fsp3) is 0.111. The summed E-state index contributed by atoms with van der Waals surface area (Å²) in [5.74, 6) is 0. The highest BCUT2D eigenvalue weighted by atomic mass is 15.1. The van der Waals surface area contributed by atoms with Gasteiger partial charge in [0.15, 0.2) is 0 Å². The maximum absolute atomic E-state index is 4.98. The molecule has 0 saturated carbocycles. The molecule has 0 aliphatic rings. The van der Waals surface area contributed by atoms with E-state index < -0.39 is 0 Å². The van der Waals surface area contributed by atoms with Gasteiger partial charge in [-0.15, -0.1) is 0 Å². The van der Waals surface area contributed by atoms with Gasteiger partial charge in [0.1, 0.15) is 11.2 Å². The fourth-order valence-corrected chi connectivity index (χ4v) is 4.39. The quantitative estimate of drug-likeness (QED) is 0.376. The Morgan fingerprint density at radius 3 is 2.59 bits per heavy atom. The zero-order valence-corrected chi connectivity index (χ0v) is 18.9. The van der Waals surface area contributed by atoms with E-state index in [2.05, 4.69) is 74.5 Å². The van der Waals surface area contributed by atoms with E-state index in [1.807, 2.05) is 49.1 Å². The molecule has 6 rings (SSSR count). The Kier molecular flexibility index (Phi) is 4.89. The lowest BCUT2D eigenvalue weighted by Gasteiger charge is -2.10. The first-order chi connectivity index (χ1) is 16.7. The number of benzene rings is 1. The van der Waals surface area contributed by atoms with Crippen LogP contribution in [0.1, 0.15) is 5.56 Å². The second-order valence-electron chi connectivity index (χ2n) is 8.67. The molecule has 0 saturated heterocycles. The molecule has 34 heavy (non-hydrogen) atoms. The number of fused-ring (bicyclic) bond motifs is 2. The topological polar surface area (TPSA) is 86.4 Å². The summed E-state index contributed by atoms with van der Waals surface area (Å²) in [7, 11) is 4.10. The Morgan fingerprint density at radius 1 is 0.853 bits per heavy atom. The molecule has 7 heteroatoms. The number of aromatic amines is 2. The monoisotopic (exact) mass is 445 g/mol. The number of hydrogen-bond acceptors (Lipinski definition) is 5. The number of pyridine rings is 3. The van der Waals surface area contributed by atoms with Crippen LogP contribution in [-0.2, 0) is 6.54 Å². The molecule has 0 fully saturated rings. The molecule has 0 unspecified atom stereocenters. The van der Waals surface area contributed by atoms with Crippen molar-refractivity contribution in [2.24, 2.45) is 0 Å². The number of nitrogens with zero attached hydrogens (tertiary/aromatic N) is 5. The van der Waals surface area contributed by atoms with Gasteiger partial charge in [0.25, 0.3) is 0 Å².